The van der Waals surface area contributed by atoms with Crippen LogP contribution in [0.15, 0.2) is 87.4 Å². The Balaban J connectivity index is 1.18. The lowest BCUT2D eigenvalue weighted by Gasteiger charge is -2.13. The van der Waals surface area contributed by atoms with E-state index in [1.807, 2.05) is 0 Å². The Bertz CT molecular complexity index is 1890. The average molecular weight is 605 g/mol. The number of carbonyl (C=O) groups excluding carboxylic acids is 2. The van der Waals surface area contributed by atoms with Gasteiger partial charge in [-0.15, -0.1) is 11.3 Å². The van der Waals surface area contributed by atoms with Crippen LogP contribution in [0.1, 0.15) is 17.3 Å². The van der Waals surface area contributed by atoms with Gasteiger partial charge in [-0.3, -0.25) is 10.1 Å². The molecule has 0 aliphatic rings. The van der Waals surface area contributed by atoms with Gasteiger partial charge in [0, 0.05) is 16.0 Å². The maximum absolute atomic E-state index is 13.0. The van der Waals surface area contributed by atoms with Crippen molar-refractivity contribution >= 4 is 62.6 Å². The van der Waals surface area contributed by atoms with Crippen LogP contribution in [0.5, 0.6) is 0 Å². The number of amides is 1. The summed E-state index contributed by atoms with van der Waals surface area (Å²) in [7, 11) is 0. The quantitative estimate of drug-likeness (QED) is 0.183. The molecule has 0 aliphatic carbocycles. The molecule has 204 valence electrons. The monoisotopic (exact) mass is 604 g/mol. The highest BCUT2D eigenvalue weighted by Gasteiger charge is 2.22. The number of fused-ring (bicyclic) bond motifs is 1. The summed E-state index contributed by atoms with van der Waals surface area (Å²) in [5.74, 6) is -0.213. The minimum atomic E-state index is -1.10. The van der Waals surface area contributed by atoms with E-state index >= 15 is 0 Å². The third kappa shape index (κ3) is 5.58. The van der Waals surface area contributed by atoms with Crippen molar-refractivity contribution < 1.29 is 23.2 Å². The van der Waals surface area contributed by atoms with Gasteiger partial charge in [-0.1, -0.05) is 23.2 Å². The smallest absolute Gasteiger partial charge is 0.338 e. The highest BCUT2D eigenvalue weighted by molar-refractivity contribution is 7.14. The summed E-state index contributed by atoms with van der Waals surface area (Å²) in [6, 6.07) is 16.9. The molecular weight excluding hydrogens is 587 g/mol. The summed E-state index contributed by atoms with van der Waals surface area (Å²) in [4.78, 5) is 39.5. The standard InChI is InChI=1S/C29H18Cl2N4O5S/c1-15(27(36)35-29-34-22(14-41-29)18-8-7-17(30)13-19(18)31)40-28(37)16-6-9-20-21(12-16)33-26(24-5-3-11-39-24)25(32-20)23-4-2-10-38-23/h2-15H,1H3,(H,34,35,36). The minimum Gasteiger partial charge on any atom is -0.463 e. The van der Waals surface area contributed by atoms with Crippen molar-refractivity contribution in [1.29, 1.82) is 0 Å². The molecule has 0 radical (unpaired) electrons. The van der Waals surface area contributed by atoms with Crippen LogP contribution in [0, 0.1) is 0 Å². The van der Waals surface area contributed by atoms with Crippen LogP contribution < -0.4 is 5.32 Å². The molecular formula is C29H18Cl2N4O5S. The van der Waals surface area contributed by atoms with Crippen LogP contribution in [0.2, 0.25) is 10.0 Å². The van der Waals surface area contributed by atoms with E-state index in [1.165, 1.54) is 24.5 Å². The molecule has 0 aliphatic heterocycles. The van der Waals surface area contributed by atoms with Gasteiger partial charge < -0.3 is 13.6 Å². The molecule has 0 saturated carbocycles. The molecule has 0 spiro atoms. The number of rotatable bonds is 7. The first-order valence-electron chi connectivity index (χ1n) is 12.2. The predicted octanol–water partition coefficient (Wildman–Crippen LogP) is 7.76. The van der Waals surface area contributed by atoms with E-state index < -0.39 is 18.0 Å². The van der Waals surface area contributed by atoms with Crippen molar-refractivity contribution in [1.82, 2.24) is 15.0 Å². The molecule has 1 unspecified atom stereocenters. The number of nitrogens with one attached hydrogen (secondary N) is 1. The average Bonchev–Trinajstić information content (AvgIpc) is 3.76. The van der Waals surface area contributed by atoms with Crippen molar-refractivity contribution in [3.05, 3.63) is 94.2 Å². The number of benzene rings is 2. The van der Waals surface area contributed by atoms with Crippen LogP contribution >= 0.6 is 34.5 Å². The van der Waals surface area contributed by atoms with Crippen molar-refractivity contribution in [2.45, 2.75) is 13.0 Å². The minimum absolute atomic E-state index is 0.205. The molecule has 4 heterocycles. The van der Waals surface area contributed by atoms with E-state index in [2.05, 4.69) is 10.3 Å². The normalized spacial score (nSPS) is 11.9. The maximum atomic E-state index is 13.0. The van der Waals surface area contributed by atoms with Gasteiger partial charge in [-0.2, -0.15) is 0 Å². The van der Waals surface area contributed by atoms with Crippen molar-refractivity contribution in [2.75, 3.05) is 5.32 Å². The fourth-order valence-electron chi connectivity index (χ4n) is 3.99. The second-order valence-corrected chi connectivity index (χ2v) is 10.5. The first-order valence-corrected chi connectivity index (χ1v) is 13.8. The van der Waals surface area contributed by atoms with E-state index in [4.69, 9.17) is 46.7 Å². The second-order valence-electron chi connectivity index (χ2n) is 8.78. The Morgan fingerprint density at radius 1 is 0.902 bits per heavy atom. The molecule has 41 heavy (non-hydrogen) atoms. The van der Waals surface area contributed by atoms with Gasteiger partial charge in [0.05, 0.1) is 39.8 Å². The largest absolute Gasteiger partial charge is 0.463 e. The maximum Gasteiger partial charge on any atom is 0.338 e. The molecule has 4 aromatic heterocycles. The van der Waals surface area contributed by atoms with Gasteiger partial charge in [0.1, 0.15) is 11.4 Å². The topological polar surface area (TPSA) is 120 Å². The number of ether oxygens (including phenoxy) is 1. The summed E-state index contributed by atoms with van der Waals surface area (Å²) in [6.07, 6.45) is 1.98. The van der Waals surface area contributed by atoms with E-state index in [-0.39, 0.29) is 5.56 Å². The number of esters is 1. The Morgan fingerprint density at radius 3 is 2.27 bits per heavy atom. The number of furan rings is 2. The highest BCUT2D eigenvalue weighted by atomic mass is 35.5. The molecule has 0 fully saturated rings. The van der Waals surface area contributed by atoms with Crippen molar-refractivity contribution in [2.24, 2.45) is 0 Å². The van der Waals surface area contributed by atoms with Crippen LogP contribution in [0.4, 0.5) is 5.13 Å². The molecule has 1 N–H and O–H groups in total. The van der Waals surface area contributed by atoms with Gasteiger partial charge in [0.2, 0.25) is 0 Å². The van der Waals surface area contributed by atoms with E-state index in [0.717, 1.165) is 0 Å². The number of hydrogen-bond donors (Lipinski definition) is 1. The van der Waals surface area contributed by atoms with Crippen molar-refractivity contribution in [3.63, 3.8) is 0 Å². The van der Waals surface area contributed by atoms with Crippen LogP contribution in [-0.2, 0) is 9.53 Å². The van der Waals surface area contributed by atoms with E-state index in [9.17, 15) is 9.59 Å². The Hall–Kier alpha value is -4.51. The van der Waals surface area contributed by atoms with Crippen molar-refractivity contribution in [3.8, 4) is 34.2 Å². The number of hydrogen-bond acceptors (Lipinski definition) is 9. The Kier molecular flexibility index (Phi) is 7.27. The third-order valence-electron chi connectivity index (χ3n) is 6.00. The SMILES string of the molecule is CC(OC(=O)c1ccc2nc(-c3ccco3)c(-c3ccco3)nc2c1)C(=O)Nc1nc(-c2ccc(Cl)cc2Cl)cs1. The summed E-state index contributed by atoms with van der Waals surface area (Å²) in [6.45, 7) is 1.48. The molecule has 0 bridgehead atoms. The second kappa shape index (κ2) is 11.2. The number of halogens is 2. The fourth-order valence-corrected chi connectivity index (χ4v) is 5.21. The highest BCUT2D eigenvalue weighted by Crippen LogP contribution is 2.33. The van der Waals surface area contributed by atoms with Gasteiger partial charge in [-0.05, 0) is 67.6 Å². The van der Waals surface area contributed by atoms with Crippen LogP contribution in [0.3, 0.4) is 0 Å². The summed E-state index contributed by atoms with van der Waals surface area (Å²) < 4.78 is 16.5. The summed E-state index contributed by atoms with van der Waals surface area (Å²) in [5, 5.41) is 5.71. The zero-order valence-electron chi connectivity index (χ0n) is 21.1. The third-order valence-corrected chi connectivity index (χ3v) is 7.31. The number of anilines is 1. The Labute approximate surface area is 246 Å². The van der Waals surface area contributed by atoms with Crippen LogP contribution in [0.25, 0.3) is 45.2 Å². The molecule has 0 saturated heterocycles. The lowest BCUT2D eigenvalue weighted by Crippen LogP contribution is -2.30. The lowest BCUT2D eigenvalue weighted by molar-refractivity contribution is -0.123. The molecule has 6 rings (SSSR count). The van der Waals surface area contributed by atoms with Gasteiger partial charge in [0.15, 0.2) is 22.8 Å². The number of carbonyl (C=O) groups is 2. The lowest BCUT2D eigenvalue weighted by atomic mass is 10.1. The van der Waals surface area contributed by atoms with E-state index in [0.29, 0.717) is 60.4 Å². The number of thiazole rings is 1. The van der Waals surface area contributed by atoms with E-state index in [1.54, 1.807) is 72.3 Å². The summed E-state index contributed by atoms with van der Waals surface area (Å²) in [5.41, 5.74) is 3.40. The predicted molar refractivity (Wildman–Crippen MR) is 156 cm³/mol. The molecule has 12 heteroatoms. The first kappa shape index (κ1) is 26.7. The first-order chi connectivity index (χ1) is 19.9. The molecule has 1 atom stereocenters. The molecule has 2 aromatic carbocycles. The van der Waals surface area contributed by atoms with Gasteiger partial charge in [0.25, 0.3) is 5.91 Å². The fraction of sp³-hybridized carbons (Fsp3) is 0.0690. The zero-order chi connectivity index (χ0) is 28.5. The molecule has 1 amide bonds. The number of nitrogens with zero attached hydrogens (tertiary/aromatic N) is 3. The van der Waals surface area contributed by atoms with Gasteiger partial charge in [-0.25, -0.2) is 19.7 Å². The Morgan fingerprint density at radius 2 is 1.61 bits per heavy atom. The zero-order valence-corrected chi connectivity index (χ0v) is 23.5. The number of aromatic nitrogens is 3. The summed E-state index contributed by atoms with van der Waals surface area (Å²) >= 11 is 13.4. The van der Waals surface area contributed by atoms with Gasteiger partial charge >= 0.3 is 5.97 Å². The molecule has 9 nitrogen and oxygen atoms in total. The van der Waals surface area contributed by atoms with Crippen LogP contribution in [-0.4, -0.2) is 32.9 Å². The molecule has 6 aromatic rings.